The average Bonchev–Trinajstić information content (AvgIpc) is 2.62. The van der Waals surface area contributed by atoms with Gasteiger partial charge in [0.15, 0.2) is 0 Å². The SMILES string of the molecule is N#Cc1c(-c2ccc(F)cc2)nc(N2CCOCC2)c(C#N)c1N. The second kappa shape index (κ2) is 6.53. The van der Waals surface area contributed by atoms with E-state index in [1.807, 2.05) is 17.0 Å². The summed E-state index contributed by atoms with van der Waals surface area (Å²) in [5, 5.41) is 18.9. The third-order valence-corrected chi connectivity index (χ3v) is 3.87. The average molecular weight is 323 g/mol. The Balaban J connectivity index is 2.21. The minimum Gasteiger partial charge on any atom is -0.396 e. The zero-order chi connectivity index (χ0) is 17.1. The van der Waals surface area contributed by atoms with Crippen molar-refractivity contribution in [2.45, 2.75) is 0 Å². The molecule has 0 unspecified atom stereocenters. The first-order valence-electron chi connectivity index (χ1n) is 7.38. The van der Waals surface area contributed by atoms with Crippen LogP contribution in [0.1, 0.15) is 11.1 Å². The van der Waals surface area contributed by atoms with Crippen molar-refractivity contribution < 1.29 is 9.13 Å². The minimum absolute atomic E-state index is 0.0933. The largest absolute Gasteiger partial charge is 0.396 e. The number of benzene rings is 1. The quantitative estimate of drug-likeness (QED) is 0.908. The van der Waals surface area contributed by atoms with Gasteiger partial charge in [-0.3, -0.25) is 0 Å². The standard InChI is InChI=1S/C17H14FN5O/c18-12-3-1-11(2-4-12)16-13(9-19)15(21)14(10-20)17(22-16)23-5-7-24-8-6-23/h1-4H,5-8H2,(H2,21,22). The van der Waals surface area contributed by atoms with Gasteiger partial charge in [0.25, 0.3) is 0 Å². The molecule has 0 spiro atoms. The maximum absolute atomic E-state index is 13.2. The van der Waals surface area contributed by atoms with Gasteiger partial charge in [-0.15, -0.1) is 0 Å². The molecule has 0 radical (unpaired) electrons. The number of morpholine rings is 1. The van der Waals surface area contributed by atoms with Crippen molar-refractivity contribution in [2.24, 2.45) is 0 Å². The van der Waals surface area contributed by atoms with Crippen LogP contribution in [0.15, 0.2) is 24.3 Å². The third-order valence-electron chi connectivity index (χ3n) is 3.87. The lowest BCUT2D eigenvalue weighted by Crippen LogP contribution is -2.37. The van der Waals surface area contributed by atoms with Crippen LogP contribution in [0.25, 0.3) is 11.3 Å². The Kier molecular flexibility index (Phi) is 4.28. The molecule has 2 heterocycles. The van der Waals surface area contributed by atoms with E-state index in [0.717, 1.165) is 0 Å². The number of nitrogen functional groups attached to an aromatic ring is 1. The molecule has 7 heteroatoms. The van der Waals surface area contributed by atoms with E-state index in [-0.39, 0.29) is 22.6 Å². The Morgan fingerprint density at radius 1 is 1.08 bits per heavy atom. The topological polar surface area (TPSA) is 99.0 Å². The summed E-state index contributed by atoms with van der Waals surface area (Å²) in [5.41, 5.74) is 7.37. The van der Waals surface area contributed by atoms with Crippen LogP contribution in [0.3, 0.4) is 0 Å². The van der Waals surface area contributed by atoms with Gasteiger partial charge in [-0.25, -0.2) is 9.37 Å². The monoisotopic (exact) mass is 323 g/mol. The zero-order valence-corrected chi connectivity index (χ0v) is 12.8. The van der Waals surface area contributed by atoms with Gasteiger partial charge in [-0.1, -0.05) is 0 Å². The maximum Gasteiger partial charge on any atom is 0.149 e. The van der Waals surface area contributed by atoms with Gasteiger partial charge in [0.05, 0.1) is 24.6 Å². The summed E-state index contributed by atoms with van der Waals surface area (Å²) in [6.07, 6.45) is 0. The summed E-state index contributed by atoms with van der Waals surface area (Å²) in [6.45, 7) is 2.21. The molecule has 1 saturated heterocycles. The number of hydrogen-bond donors (Lipinski definition) is 1. The smallest absolute Gasteiger partial charge is 0.149 e. The molecule has 0 amide bonds. The number of ether oxygens (including phenoxy) is 1. The lowest BCUT2D eigenvalue weighted by atomic mass is 10.0. The van der Waals surface area contributed by atoms with Crippen molar-refractivity contribution in [3.63, 3.8) is 0 Å². The molecular weight excluding hydrogens is 309 g/mol. The van der Waals surface area contributed by atoms with Crippen LogP contribution < -0.4 is 10.6 Å². The van der Waals surface area contributed by atoms with E-state index in [9.17, 15) is 14.9 Å². The molecule has 1 aromatic heterocycles. The van der Waals surface area contributed by atoms with Gasteiger partial charge in [0.1, 0.15) is 34.9 Å². The molecule has 0 atom stereocenters. The normalized spacial score (nSPS) is 14.0. The molecule has 2 N–H and O–H groups in total. The summed E-state index contributed by atoms with van der Waals surface area (Å²) in [4.78, 5) is 6.43. The van der Waals surface area contributed by atoms with Crippen molar-refractivity contribution in [1.29, 1.82) is 10.5 Å². The predicted octanol–water partition coefficient (Wildman–Crippen LogP) is 2.05. The number of aromatic nitrogens is 1. The molecule has 0 aliphatic carbocycles. The fourth-order valence-electron chi connectivity index (χ4n) is 2.63. The molecule has 1 aliphatic heterocycles. The molecule has 1 fully saturated rings. The third kappa shape index (κ3) is 2.73. The van der Waals surface area contributed by atoms with Gasteiger partial charge in [-0.2, -0.15) is 10.5 Å². The van der Waals surface area contributed by atoms with Gasteiger partial charge in [0.2, 0.25) is 0 Å². The van der Waals surface area contributed by atoms with Gasteiger partial charge >= 0.3 is 0 Å². The highest BCUT2D eigenvalue weighted by molar-refractivity contribution is 5.82. The summed E-state index contributed by atoms with van der Waals surface area (Å²) in [7, 11) is 0. The summed E-state index contributed by atoms with van der Waals surface area (Å²) in [5.74, 6) is 0.0453. The Morgan fingerprint density at radius 3 is 2.29 bits per heavy atom. The van der Waals surface area contributed by atoms with E-state index >= 15 is 0 Å². The van der Waals surface area contributed by atoms with E-state index in [1.165, 1.54) is 24.3 Å². The van der Waals surface area contributed by atoms with Crippen LogP contribution in [0.4, 0.5) is 15.9 Å². The molecule has 0 bridgehead atoms. The first-order chi connectivity index (χ1) is 11.7. The predicted molar refractivity (Wildman–Crippen MR) is 86.5 cm³/mol. The van der Waals surface area contributed by atoms with Gasteiger partial charge in [-0.05, 0) is 24.3 Å². The van der Waals surface area contributed by atoms with Crippen molar-refractivity contribution in [3.05, 3.63) is 41.2 Å². The first-order valence-corrected chi connectivity index (χ1v) is 7.38. The summed E-state index contributed by atoms with van der Waals surface area (Å²) < 4.78 is 18.5. The zero-order valence-electron chi connectivity index (χ0n) is 12.8. The van der Waals surface area contributed by atoms with Crippen LogP contribution in [0.5, 0.6) is 0 Å². The number of nitrogens with zero attached hydrogens (tertiary/aromatic N) is 4. The van der Waals surface area contributed by atoms with Crippen LogP contribution in [-0.2, 0) is 4.74 Å². The van der Waals surface area contributed by atoms with Gasteiger partial charge < -0.3 is 15.4 Å². The van der Waals surface area contributed by atoms with Crippen LogP contribution in [-0.4, -0.2) is 31.3 Å². The number of pyridine rings is 1. The van der Waals surface area contributed by atoms with Crippen LogP contribution in [0, 0.1) is 28.5 Å². The summed E-state index contributed by atoms with van der Waals surface area (Å²) in [6, 6.07) is 9.70. The fourth-order valence-corrected chi connectivity index (χ4v) is 2.63. The molecule has 24 heavy (non-hydrogen) atoms. The number of anilines is 2. The Hall–Kier alpha value is -3.16. The lowest BCUT2D eigenvalue weighted by Gasteiger charge is -2.29. The number of halogens is 1. The van der Waals surface area contributed by atoms with Crippen LogP contribution in [0.2, 0.25) is 0 Å². The molecule has 1 aromatic carbocycles. The van der Waals surface area contributed by atoms with Crippen LogP contribution >= 0.6 is 0 Å². The lowest BCUT2D eigenvalue weighted by molar-refractivity contribution is 0.122. The highest BCUT2D eigenvalue weighted by Crippen LogP contribution is 2.33. The van der Waals surface area contributed by atoms with E-state index in [4.69, 9.17) is 10.5 Å². The Bertz CT molecular complexity index is 845. The number of nitriles is 2. The Labute approximate surface area is 138 Å². The number of nitrogens with two attached hydrogens (primary N) is 1. The van der Waals surface area contributed by atoms with Crippen molar-refractivity contribution in [3.8, 4) is 23.4 Å². The minimum atomic E-state index is -0.382. The van der Waals surface area contributed by atoms with E-state index in [1.54, 1.807) is 0 Å². The second-order valence-electron chi connectivity index (χ2n) is 5.28. The molecule has 1 aliphatic rings. The molecule has 2 aromatic rings. The van der Waals surface area contributed by atoms with Gasteiger partial charge in [0, 0.05) is 18.7 Å². The van der Waals surface area contributed by atoms with Crippen molar-refractivity contribution in [1.82, 2.24) is 4.98 Å². The van der Waals surface area contributed by atoms with Crippen molar-refractivity contribution >= 4 is 11.5 Å². The van der Waals surface area contributed by atoms with E-state index in [2.05, 4.69) is 4.98 Å². The molecule has 3 rings (SSSR count). The molecule has 0 saturated carbocycles. The highest BCUT2D eigenvalue weighted by atomic mass is 19.1. The highest BCUT2D eigenvalue weighted by Gasteiger charge is 2.23. The fraction of sp³-hybridized carbons (Fsp3) is 0.235. The van der Waals surface area contributed by atoms with Crippen molar-refractivity contribution in [2.75, 3.05) is 36.9 Å². The summed E-state index contributed by atoms with van der Waals surface area (Å²) >= 11 is 0. The van der Waals surface area contributed by atoms with E-state index in [0.29, 0.717) is 43.4 Å². The molecular formula is C17H14FN5O. The molecule has 120 valence electrons. The molecule has 6 nitrogen and oxygen atoms in total. The number of rotatable bonds is 2. The second-order valence-corrected chi connectivity index (χ2v) is 5.28. The first kappa shape index (κ1) is 15.7. The van der Waals surface area contributed by atoms with E-state index < -0.39 is 0 Å². The number of hydrogen-bond acceptors (Lipinski definition) is 6. The maximum atomic E-state index is 13.2. The Morgan fingerprint density at radius 2 is 1.71 bits per heavy atom.